The maximum atomic E-state index is 7.22. The lowest BCUT2D eigenvalue weighted by Gasteiger charge is -2.30. The number of nitrogens with zero attached hydrogens (tertiary/aromatic N) is 1. The van der Waals surface area contributed by atoms with Crippen molar-refractivity contribution >= 4 is 39.0 Å². The summed E-state index contributed by atoms with van der Waals surface area (Å²) in [5.41, 5.74) is 22.0. The second-order valence-corrected chi connectivity index (χ2v) is 16.7. The highest BCUT2D eigenvalue weighted by atomic mass is 16.3. The highest BCUT2D eigenvalue weighted by molar-refractivity contribution is 6.15. The molecule has 11 aromatic rings. The van der Waals surface area contributed by atoms with E-state index in [0.29, 0.717) is 0 Å². The van der Waals surface area contributed by atoms with E-state index in [2.05, 4.69) is 241 Å². The van der Waals surface area contributed by atoms with Gasteiger partial charge in [0.25, 0.3) is 0 Å². The second-order valence-electron chi connectivity index (χ2n) is 16.7. The number of rotatable bonds is 6. The number of fused-ring (bicyclic) bond motifs is 14. The Morgan fingerprint density at radius 3 is 1.23 bits per heavy atom. The highest BCUT2D eigenvalue weighted by Gasteiger charge is 2.52. The minimum atomic E-state index is -0.416. The van der Waals surface area contributed by atoms with Crippen LogP contribution in [-0.2, 0) is 5.41 Å². The van der Waals surface area contributed by atoms with E-state index in [0.717, 1.165) is 50.1 Å². The zero-order valence-electron chi connectivity index (χ0n) is 34.4. The molecule has 2 aliphatic rings. The Kier molecular flexibility index (Phi) is 8.64. The molecule has 0 saturated carbocycles. The van der Waals surface area contributed by atoms with Crippen molar-refractivity contribution in [2.45, 2.75) is 12.8 Å². The number of hydrogen-bond donors (Lipinski definition) is 0. The van der Waals surface area contributed by atoms with Gasteiger partial charge in [-0.15, -0.1) is 0 Å². The van der Waals surface area contributed by atoms with E-state index in [-0.39, 0.29) is 8.85 Å². The van der Waals surface area contributed by atoms with Gasteiger partial charge < -0.3 is 9.32 Å². The molecule has 0 fully saturated rings. The van der Waals surface area contributed by atoms with Crippen molar-refractivity contribution in [1.82, 2.24) is 0 Å². The molecule has 1 heterocycles. The van der Waals surface area contributed by atoms with E-state index in [4.69, 9.17) is 4.42 Å². The summed E-state index contributed by atoms with van der Waals surface area (Å²) in [6, 6.07) is 86.0. The maximum Gasteiger partial charge on any atom is 0.143 e. The molecule has 64 heavy (non-hydrogen) atoms. The molecule has 304 valence electrons. The summed E-state index contributed by atoms with van der Waals surface area (Å²) in [7, 11) is 0. The van der Waals surface area contributed by atoms with Crippen molar-refractivity contribution in [1.29, 1.82) is 0 Å². The Labute approximate surface area is 375 Å². The summed E-state index contributed by atoms with van der Waals surface area (Å²) < 4.78 is 7.22. The molecule has 1 spiro atoms. The average molecular weight is 820 g/mol. The lowest BCUT2D eigenvalue weighted by Crippen LogP contribution is -2.25. The Hall–Kier alpha value is -8.20. The van der Waals surface area contributed by atoms with E-state index in [1.807, 2.05) is 0 Å². The Morgan fingerprint density at radius 2 is 0.703 bits per heavy atom. The molecule has 0 saturated heterocycles. The van der Waals surface area contributed by atoms with E-state index < -0.39 is 5.41 Å². The zero-order valence-corrected chi connectivity index (χ0v) is 34.4. The van der Waals surface area contributed by atoms with E-state index in [1.54, 1.807) is 0 Å². The average Bonchev–Trinajstić information content (AvgIpc) is 4.00. The fourth-order valence-electron chi connectivity index (χ4n) is 10.8. The molecule has 0 radical (unpaired) electrons. The van der Waals surface area contributed by atoms with Gasteiger partial charge in [0, 0.05) is 40.4 Å². The largest absolute Gasteiger partial charge is 0.455 e. The summed E-state index contributed by atoms with van der Waals surface area (Å²) >= 11 is 0. The third kappa shape index (κ3) is 5.46. The van der Waals surface area contributed by atoms with Crippen LogP contribution in [0.1, 0.15) is 31.1 Å². The fraction of sp³-hybridized carbons (Fsp3) is 0.0323. The van der Waals surface area contributed by atoms with Gasteiger partial charge in [0.1, 0.15) is 11.2 Å². The summed E-state index contributed by atoms with van der Waals surface area (Å²) in [6.07, 6.45) is 0. The predicted molar refractivity (Wildman–Crippen MR) is 270 cm³/mol. The zero-order chi connectivity index (χ0) is 41.5. The third-order valence-electron chi connectivity index (χ3n) is 13.5. The van der Waals surface area contributed by atoms with Gasteiger partial charge in [-0.25, -0.2) is 0 Å². The SMILES string of the molecule is C.[HH].c1ccc(-c2ccc(N(c3ccc(-c4ccccc4)cc3)c3ccc(-c4cccc5c4oc4c6c(ccc45)C4(c5ccccc5-c5ccccc54)c4ccccc4-6)cc3)cc2)cc1. The van der Waals surface area contributed by atoms with Crippen molar-refractivity contribution < 1.29 is 5.84 Å². The first kappa shape index (κ1) is 37.6. The molecule has 2 nitrogen and oxygen atoms in total. The molecule has 0 amide bonds. The lowest BCUT2D eigenvalue weighted by molar-refractivity contribution is 0.670. The van der Waals surface area contributed by atoms with E-state index in [1.165, 1.54) is 66.8 Å². The van der Waals surface area contributed by atoms with Gasteiger partial charge in [-0.3, -0.25) is 0 Å². The Bertz CT molecular complexity index is 3410. The van der Waals surface area contributed by atoms with Gasteiger partial charge >= 0.3 is 0 Å². The monoisotopic (exact) mass is 819 g/mol. The van der Waals surface area contributed by atoms with Crippen LogP contribution < -0.4 is 4.90 Å². The summed E-state index contributed by atoms with van der Waals surface area (Å²) in [4.78, 5) is 2.34. The molecule has 10 aromatic carbocycles. The van der Waals surface area contributed by atoms with Crippen LogP contribution in [0.2, 0.25) is 0 Å². The van der Waals surface area contributed by atoms with E-state index >= 15 is 0 Å². The van der Waals surface area contributed by atoms with Crippen LogP contribution in [0.25, 0.3) is 77.6 Å². The van der Waals surface area contributed by atoms with Crippen LogP contribution in [0.15, 0.2) is 241 Å². The first-order chi connectivity index (χ1) is 31.3. The molecule has 13 rings (SSSR count). The molecule has 0 atom stereocenters. The van der Waals surface area contributed by atoms with Crippen molar-refractivity contribution in [3.05, 3.63) is 259 Å². The van der Waals surface area contributed by atoms with Gasteiger partial charge in [-0.2, -0.15) is 0 Å². The quantitative estimate of drug-likeness (QED) is 0.166. The maximum absolute atomic E-state index is 7.22. The van der Waals surface area contributed by atoms with Crippen LogP contribution in [0, 0.1) is 0 Å². The molecule has 0 N–H and O–H groups in total. The lowest BCUT2D eigenvalue weighted by atomic mass is 9.70. The van der Waals surface area contributed by atoms with Gasteiger partial charge in [0.05, 0.1) is 5.41 Å². The highest BCUT2D eigenvalue weighted by Crippen LogP contribution is 2.64. The number of furan rings is 1. The topological polar surface area (TPSA) is 16.4 Å². The van der Waals surface area contributed by atoms with Crippen LogP contribution >= 0.6 is 0 Å². The summed E-state index contributed by atoms with van der Waals surface area (Å²) in [5.74, 6) is 0. The molecular formula is C62H45NO. The van der Waals surface area contributed by atoms with Crippen molar-refractivity contribution in [2.75, 3.05) is 4.90 Å². The number of hydrogen-bond acceptors (Lipinski definition) is 2. The Morgan fingerprint density at radius 1 is 0.297 bits per heavy atom. The normalized spacial score (nSPS) is 12.7. The minimum absolute atomic E-state index is 0. The standard InChI is InChI=1S/C61H39NO.CH4.H2/c1-3-14-40(15-4-1)42-26-32-45(33-27-42)62(46-34-28-43(29-35-46)41-16-5-2-6-17-41)47-36-30-44(31-37-47)48-21-13-22-51-52-38-39-57-58(60(52)63-59(48)51)53-20-9-12-25-56(53)61(57)54-23-10-7-18-49(54)50-19-8-11-24-55(50)61;;/h1-39H;1H4;1H. The van der Waals surface area contributed by atoms with Gasteiger partial charge in [0.2, 0.25) is 0 Å². The smallest absolute Gasteiger partial charge is 0.143 e. The molecular weight excluding hydrogens is 775 g/mol. The molecule has 2 heteroatoms. The number of para-hydroxylation sites is 1. The van der Waals surface area contributed by atoms with Gasteiger partial charge in [-0.1, -0.05) is 208 Å². The fourth-order valence-corrected chi connectivity index (χ4v) is 10.8. The molecule has 2 aliphatic carbocycles. The van der Waals surface area contributed by atoms with Gasteiger partial charge in [-0.05, 0) is 103 Å². The van der Waals surface area contributed by atoms with Crippen molar-refractivity contribution in [3.63, 3.8) is 0 Å². The summed E-state index contributed by atoms with van der Waals surface area (Å²) in [6.45, 7) is 0. The first-order valence-corrected chi connectivity index (χ1v) is 21.8. The molecule has 0 unspecified atom stereocenters. The minimum Gasteiger partial charge on any atom is -0.455 e. The Balaban J connectivity index is 0.00000234. The van der Waals surface area contributed by atoms with Gasteiger partial charge in [0.15, 0.2) is 0 Å². The molecule has 1 aromatic heterocycles. The second kappa shape index (κ2) is 14.7. The molecule has 0 bridgehead atoms. The number of benzene rings is 10. The summed E-state index contributed by atoms with van der Waals surface area (Å²) in [5, 5.41) is 2.26. The van der Waals surface area contributed by atoms with Crippen molar-refractivity contribution in [3.8, 4) is 55.6 Å². The number of anilines is 3. The predicted octanol–water partition coefficient (Wildman–Crippen LogP) is 17.3. The molecule has 0 aliphatic heterocycles. The van der Waals surface area contributed by atoms with Crippen LogP contribution in [-0.4, -0.2) is 0 Å². The third-order valence-corrected chi connectivity index (χ3v) is 13.5. The van der Waals surface area contributed by atoms with Crippen LogP contribution in [0.3, 0.4) is 0 Å². The van der Waals surface area contributed by atoms with Crippen LogP contribution in [0.4, 0.5) is 17.1 Å². The van der Waals surface area contributed by atoms with E-state index in [9.17, 15) is 0 Å². The van der Waals surface area contributed by atoms with Crippen molar-refractivity contribution in [2.24, 2.45) is 0 Å². The first-order valence-electron chi connectivity index (χ1n) is 21.8. The van der Waals surface area contributed by atoms with Crippen LogP contribution in [0.5, 0.6) is 0 Å².